The van der Waals surface area contributed by atoms with Crippen LogP contribution in [0.15, 0.2) is 30.3 Å². The first kappa shape index (κ1) is 16.0. The Labute approximate surface area is 150 Å². The van der Waals surface area contributed by atoms with Gasteiger partial charge in [-0.2, -0.15) is 0 Å². The second kappa shape index (κ2) is 5.15. The van der Waals surface area contributed by atoms with E-state index in [9.17, 15) is 4.79 Å². The van der Waals surface area contributed by atoms with Gasteiger partial charge in [0.25, 0.3) is 0 Å². The SMILES string of the molecule is CC12CN3CC(C)(CN(C1)C31CCN(Cc3ccccc3)CC1)C2=O. The summed E-state index contributed by atoms with van der Waals surface area (Å²) >= 11 is 0. The van der Waals surface area contributed by atoms with Crippen LogP contribution in [-0.2, 0) is 11.3 Å². The number of nitrogens with zero attached hydrogens (tertiary/aromatic N) is 3. The maximum atomic E-state index is 12.9. The summed E-state index contributed by atoms with van der Waals surface area (Å²) in [5.74, 6) is 0.517. The van der Waals surface area contributed by atoms with Gasteiger partial charge < -0.3 is 0 Å². The van der Waals surface area contributed by atoms with Crippen molar-refractivity contribution in [2.24, 2.45) is 10.8 Å². The van der Waals surface area contributed by atoms with Crippen molar-refractivity contribution in [1.82, 2.24) is 14.7 Å². The third kappa shape index (κ3) is 2.20. The first-order valence-corrected chi connectivity index (χ1v) is 9.75. The van der Waals surface area contributed by atoms with Crippen molar-refractivity contribution >= 4 is 5.78 Å². The third-order valence-electron chi connectivity index (χ3n) is 7.34. The fourth-order valence-corrected chi connectivity index (χ4v) is 6.24. The van der Waals surface area contributed by atoms with Crippen LogP contribution in [0.4, 0.5) is 0 Å². The first-order valence-electron chi connectivity index (χ1n) is 9.75. The van der Waals surface area contributed by atoms with E-state index in [-0.39, 0.29) is 16.5 Å². The van der Waals surface area contributed by atoms with E-state index < -0.39 is 0 Å². The molecule has 5 heterocycles. The molecular weight excluding hydrogens is 310 g/mol. The molecule has 1 aromatic rings. The van der Waals surface area contributed by atoms with E-state index in [0.29, 0.717) is 5.78 Å². The van der Waals surface area contributed by atoms with E-state index in [1.54, 1.807) is 0 Å². The van der Waals surface area contributed by atoms with E-state index in [1.165, 1.54) is 18.4 Å². The molecule has 5 aliphatic heterocycles. The van der Waals surface area contributed by atoms with Crippen LogP contribution in [0.5, 0.6) is 0 Å². The minimum atomic E-state index is -0.141. The second-order valence-corrected chi connectivity index (χ2v) is 9.41. The van der Waals surface area contributed by atoms with Crippen LogP contribution < -0.4 is 0 Å². The van der Waals surface area contributed by atoms with Crippen LogP contribution in [0.25, 0.3) is 0 Å². The number of benzene rings is 1. The Kier molecular flexibility index (Phi) is 3.29. The molecule has 6 rings (SSSR count). The summed E-state index contributed by atoms with van der Waals surface area (Å²) in [6.07, 6.45) is 2.42. The molecule has 0 aliphatic carbocycles. The van der Waals surface area contributed by atoms with Crippen LogP contribution in [0.3, 0.4) is 0 Å². The molecule has 5 fully saturated rings. The molecule has 5 aliphatic rings. The van der Waals surface area contributed by atoms with E-state index in [4.69, 9.17) is 0 Å². The fourth-order valence-electron chi connectivity index (χ4n) is 6.24. The quantitative estimate of drug-likeness (QED) is 0.825. The van der Waals surface area contributed by atoms with Crippen molar-refractivity contribution in [3.8, 4) is 0 Å². The van der Waals surface area contributed by atoms with Gasteiger partial charge in [-0.1, -0.05) is 44.2 Å². The molecule has 0 saturated carbocycles. The summed E-state index contributed by atoms with van der Waals surface area (Å²) in [6.45, 7) is 11.6. The number of likely N-dealkylation sites (tertiary alicyclic amines) is 1. The third-order valence-corrected chi connectivity index (χ3v) is 7.34. The number of hydrogen-bond donors (Lipinski definition) is 0. The molecule has 5 saturated heterocycles. The van der Waals surface area contributed by atoms with Crippen LogP contribution in [0.1, 0.15) is 32.3 Å². The van der Waals surface area contributed by atoms with Crippen molar-refractivity contribution in [2.75, 3.05) is 39.3 Å². The summed E-state index contributed by atoms with van der Waals surface area (Å²) in [6, 6.07) is 10.8. The van der Waals surface area contributed by atoms with Gasteiger partial charge in [0.2, 0.25) is 0 Å². The molecule has 0 atom stereocenters. The van der Waals surface area contributed by atoms with Crippen LogP contribution in [0.2, 0.25) is 0 Å². The standard InChI is InChI=1S/C21H29N3O/c1-19-13-23-15-20(2,18(19)25)16-24(14-19)21(23)8-10-22(11-9-21)12-17-6-4-3-5-7-17/h3-7H,8-16H2,1-2H3. The normalized spacial score (nSPS) is 42.2. The average molecular weight is 339 g/mol. The lowest BCUT2D eigenvalue weighted by molar-refractivity contribution is -0.240. The zero-order valence-corrected chi connectivity index (χ0v) is 15.5. The van der Waals surface area contributed by atoms with E-state index in [1.807, 2.05) is 0 Å². The van der Waals surface area contributed by atoms with Gasteiger partial charge in [-0.15, -0.1) is 0 Å². The lowest BCUT2D eigenvalue weighted by atomic mass is 9.59. The van der Waals surface area contributed by atoms with Crippen molar-refractivity contribution < 1.29 is 4.79 Å². The van der Waals surface area contributed by atoms with Gasteiger partial charge >= 0.3 is 0 Å². The highest BCUT2D eigenvalue weighted by atomic mass is 16.1. The lowest BCUT2D eigenvalue weighted by Gasteiger charge is -2.71. The first-order chi connectivity index (χ1) is 11.9. The van der Waals surface area contributed by atoms with Gasteiger partial charge in [0.15, 0.2) is 0 Å². The van der Waals surface area contributed by atoms with Gasteiger partial charge in [0.1, 0.15) is 5.78 Å². The summed E-state index contributed by atoms with van der Waals surface area (Å²) in [7, 11) is 0. The highest BCUT2D eigenvalue weighted by Crippen LogP contribution is 2.54. The van der Waals surface area contributed by atoms with E-state index in [2.05, 4.69) is 58.9 Å². The van der Waals surface area contributed by atoms with Crippen LogP contribution in [-0.4, -0.2) is 65.4 Å². The van der Waals surface area contributed by atoms with E-state index in [0.717, 1.165) is 45.8 Å². The Balaban J connectivity index is 1.33. The van der Waals surface area contributed by atoms with Crippen molar-refractivity contribution in [3.05, 3.63) is 35.9 Å². The minimum Gasteiger partial charge on any atom is -0.299 e. The van der Waals surface area contributed by atoms with Gasteiger partial charge in [-0.3, -0.25) is 19.5 Å². The fraction of sp³-hybridized carbons (Fsp3) is 0.667. The van der Waals surface area contributed by atoms with Gasteiger partial charge in [-0.05, 0) is 18.4 Å². The molecule has 0 amide bonds. The Bertz CT molecular complexity index is 650. The second-order valence-electron chi connectivity index (χ2n) is 9.41. The Morgan fingerprint density at radius 1 is 0.880 bits per heavy atom. The summed E-state index contributed by atoms with van der Waals surface area (Å²) < 4.78 is 0. The lowest BCUT2D eigenvalue weighted by Crippen LogP contribution is -2.83. The molecule has 4 bridgehead atoms. The number of rotatable bonds is 2. The zero-order valence-electron chi connectivity index (χ0n) is 15.5. The number of piperidine rings is 3. The highest BCUT2D eigenvalue weighted by molar-refractivity contribution is 5.92. The Hall–Kier alpha value is -1.23. The largest absolute Gasteiger partial charge is 0.299 e. The summed E-state index contributed by atoms with van der Waals surface area (Å²) in [4.78, 5) is 20.8. The van der Waals surface area contributed by atoms with Crippen LogP contribution in [0, 0.1) is 10.8 Å². The molecule has 25 heavy (non-hydrogen) atoms. The number of ketones is 1. The molecule has 0 radical (unpaired) electrons. The Morgan fingerprint density at radius 3 is 1.92 bits per heavy atom. The number of carbonyl (C=O) groups is 1. The maximum absolute atomic E-state index is 12.9. The van der Waals surface area contributed by atoms with Gasteiger partial charge in [0, 0.05) is 45.8 Å². The molecule has 4 nitrogen and oxygen atoms in total. The smallest absolute Gasteiger partial charge is 0.149 e. The van der Waals surface area contributed by atoms with Crippen molar-refractivity contribution in [1.29, 1.82) is 0 Å². The maximum Gasteiger partial charge on any atom is 0.149 e. The topological polar surface area (TPSA) is 26.8 Å². The van der Waals surface area contributed by atoms with Gasteiger partial charge in [0.05, 0.1) is 16.5 Å². The Morgan fingerprint density at radius 2 is 1.40 bits per heavy atom. The molecule has 1 spiro atoms. The predicted octanol–water partition coefficient (Wildman–Crippen LogP) is 2.21. The zero-order chi connectivity index (χ0) is 17.3. The molecular formula is C21H29N3O. The van der Waals surface area contributed by atoms with E-state index >= 15 is 0 Å². The predicted molar refractivity (Wildman–Crippen MR) is 98.1 cm³/mol. The summed E-state index contributed by atoms with van der Waals surface area (Å²) in [5.41, 5.74) is 1.34. The molecule has 0 aromatic heterocycles. The van der Waals surface area contributed by atoms with Crippen molar-refractivity contribution in [3.63, 3.8) is 0 Å². The molecule has 0 unspecified atom stereocenters. The molecule has 4 heteroatoms. The monoisotopic (exact) mass is 339 g/mol. The van der Waals surface area contributed by atoms with Crippen molar-refractivity contribution in [2.45, 2.75) is 38.9 Å². The summed E-state index contributed by atoms with van der Waals surface area (Å²) in [5, 5.41) is 0. The molecule has 134 valence electrons. The molecule has 0 N–H and O–H groups in total. The highest BCUT2D eigenvalue weighted by Gasteiger charge is 2.66. The number of Topliss-reactive ketones (excluding diaryl/α,β-unsaturated/α-hetero) is 1. The molecule has 1 aromatic carbocycles. The minimum absolute atomic E-state index is 0.141. The number of carbonyl (C=O) groups excluding carboxylic acids is 1. The number of hydrogen-bond acceptors (Lipinski definition) is 4. The van der Waals surface area contributed by atoms with Crippen LogP contribution >= 0.6 is 0 Å². The average Bonchev–Trinajstić information content (AvgIpc) is 2.59. The van der Waals surface area contributed by atoms with Gasteiger partial charge in [-0.25, -0.2) is 0 Å².